The van der Waals surface area contributed by atoms with Crippen molar-refractivity contribution in [1.29, 1.82) is 0 Å². The summed E-state index contributed by atoms with van der Waals surface area (Å²) in [6.07, 6.45) is 3.38. The van der Waals surface area contributed by atoms with Gasteiger partial charge in [0.2, 0.25) is 0 Å². The molecule has 0 saturated heterocycles. The molecule has 1 atom stereocenters. The number of hydrogen-bond donors (Lipinski definition) is 0. The zero-order valence-corrected chi connectivity index (χ0v) is 10.6. The van der Waals surface area contributed by atoms with Gasteiger partial charge in [-0.25, -0.2) is 4.79 Å². The average molecular weight is 210 g/mol. The first-order chi connectivity index (χ1) is 6.82. The number of allylic oxidation sites excluding steroid dienone is 2. The molecule has 0 rings (SSSR count). The fourth-order valence-corrected chi connectivity index (χ4v) is 1.09. The Kier molecular flexibility index (Phi) is 5.99. The largest absolute Gasteiger partial charge is 0.455 e. The molecule has 2 heteroatoms. The summed E-state index contributed by atoms with van der Waals surface area (Å²) in [5.74, 6) is 0.0422. The minimum Gasteiger partial charge on any atom is -0.455 e. The van der Waals surface area contributed by atoms with Gasteiger partial charge >= 0.3 is 5.97 Å². The van der Waals surface area contributed by atoms with Crippen molar-refractivity contribution in [2.45, 2.75) is 47.6 Å². The van der Waals surface area contributed by atoms with E-state index in [0.717, 1.165) is 5.57 Å². The molecule has 0 aliphatic rings. The maximum Gasteiger partial charge on any atom is 0.331 e. The Labute approximate surface area is 93.0 Å². The summed E-state index contributed by atoms with van der Waals surface area (Å²) in [4.78, 5) is 11.4. The molecule has 0 spiro atoms. The van der Waals surface area contributed by atoms with E-state index < -0.39 is 0 Å². The van der Waals surface area contributed by atoms with Crippen LogP contribution in [0.3, 0.4) is 0 Å². The number of esters is 1. The zero-order valence-electron chi connectivity index (χ0n) is 10.6. The molecule has 1 unspecified atom stereocenters. The summed E-state index contributed by atoms with van der Waals surface area (Å²) < 4.78 is 5.34. The standard InChI is InChI=1S/C13H22O2/c1-9(2)7-12(11(5)6)15-13(14)8-10(3)4/h7-8,11-12H,1-6H3. The molecule has 0 saturated carbocycles. The SMILES string of the molecule is CC(C)=CC(=O)OC(C=C(C)C)C(C)C. The first kappa shape index (κ1) is 13.9. The number of ether oxygens (including phenoxy) is 1. The van der Waals surface area contributed by atoms with Crippen LogP contribution in [0.5, 0.6) is 0 Å². The van der Waals surface area contributed by atoms with Crippen LogP contribution in [0.1, 0.15) is 41.5 Å². The minimum atomic E-state index is -0.258. The highest BCUT2D eigenvalue weighted by molar-refractivity contribution is 5.82. The summed E-state index contributed by atoms with van der Waals surface area (Å²) in [7, 11) is 0. The van der Waals surface area contributed by atoms with E-state index in [1.165, 1.54) is 11.6 Å². The lowest BCUT2D eigenvalue weighted by molar-refractivity contribution is -0.142. The van der Waals surface area contributed by atoms with E-state index in [-0.39, 0.29) is 12.1 Å². The van der Waals surface area contributed by atoms with E-state index in [0.29, 0.717) is 5.92 Å². The molecule has 2 nitrogen and oxygen atoms in total. The molecule has 0 aromatic heterocycles. The van der Waals surface area contributed by atoms with Gasteiger partial charge in [0.15, 0.2) is 0 Å². The number of carbonyl (C=O) groups excluding carboxylic acids is 1. The molecule has 15 heavy (non-hydrogen) atoms. The third kappa shape index (κ3) is 6.95. The maximum atomic E-state index is 11.4. The molecule has 0 fully saturated rings. The molecule has 0 bridgehead atoms. The van der Waals surface area contributed by atoms with Crippen LogP contribution in [0.2, 0.25) is 0 Å². The van der Waals surface area contributed by atoms with Crippen molar-refractivity contribution < 1.29 is 9.53 Å². The fourth-order valence-electron chi connectivity index (χ4n) is 1.09. The summed E-state index contributed by atoms with van der Waals surface area (Å²) in [5, 5.41) is 0. The molecule has 0 aliphatic heterocycles. The Hall–Kier alpha value is -1.05. The van der Waals surface area contributed by atoms with Crippen molar-refractivity contribution in [3.05, 3.63) is 23.3 Å². The van der Waals surface area contributed by atoms with Crippen molar-refractivity contribution in [3.63, 3.8) is 0 Å². The predicted molar refractivity (Wildman–Crippen MR) is 63.6 cm³/mol. The second kappa shape index (κ2) is 6.44. The van der Waals surface area contributed by atoms with Gasteiger partial charge in [-0.2, -0.15) is 0 Å². The summed E-state index contributed by atoms with van der Waals surface area (Å²) in [6, 6.07) is 0. The lowest BCUT2D eigenvalue weighted by Crippen LogP contribution is -2.20. The molecule has 0 amide bonds. The summed E-state index contributed by atoms with van der Waals surface area (Å²) in [5.41, 5.74) is 2.12. The third-order valence-electron chi connectivity index (χ3n) is 1.81. The highest BCUT2D eigenvalue weighted by Crippen LogP contribution is 2.11. The molecule has 0 heterocycles. The number of carbonyl (C=O) groups is 1. The predicted octanol–water partition coefficient (Wildman–Crippen LogP) is 3.49. The minimum absolute atomic E-state index is 0.127. The quantitative estimate of drug-likeness (QED) is 0.403. The highest BCUT2D eigenvalue weighted by atomic mass is 16.5. The Morgan fingerprint density at radius 1 is 1.07 bits per heavy atom. The van der Waals surface area contributed by atoms with E-state index in [1.54, 1.807) is 0 Å². The summed E-state index contributed by atoms with van der Waals surface area (Å²) in [6.45, 7) is 11.9. The van der Waals surface area contributed by atoms with Crippen LogP contribution in [0.4, 0.5) is 0 Å². The Morgan fingerprint density at radius 3 is 1.93 bits per heavy atom. The van der Waals surface area contributed by atoms with Gasteiger partial charge in [-0.3, -0.25) is 0 Å². The first-order valence-electron chi connectivity index (χ1n) is 5.33. The van der Waals surface area contributed by atoms with Crippen LogP contribution in [0.15, 0.2) is 23.3 Å². The normalized spacial score (nSPS) is 11.9. The lowest BCUT2D eigenvalue weighted by atomic mass is 10.1. The topological polar surface area (TPSA) is 26.3 Å². The molecule has 0 aliphatic carbocycles. The van der Waals surface area contributed by atoms with Crippen LogP contribution < -0.4 is 0 Å². The van der Waals surface area contributed by atoms with E-state index in [2.05, 4.69) is 0 Å². The Balaban J connectivity index is 4.50. The molecule has 0 N–H and O–H groups in total. The molecular formula is C13H22O2. The summed E-state index contributed by atoms with van der Waals surface area (Å²) >= 11 is 0. The Bertz CT molecular complexity index is 264. The van der Waals surface area contributed by atoms with Crippen molar-refractivity contribution in [1.82, 2.24) is 0 Å². The van der Waals surface area contributed by atoms with Crippen molar-refractivity contribution in [3.8, 4) is 0 Å². The Morgan fingerprint density at radius 2 is 1.60 bits per heavy atom. The van der Waals surface area contributed by atoms with Gasteiger partial charge in [0.05, 0.1) is 0 Å². The van der Waals surface area contributed by atoms with Gasteiger partial charge in [-0.1, -0.05) is 25.0 Å². The van der Waals surface area contributed by atoms with E-state index in [4.69, 9.17) is 4.74 Å². The van der Waals surface area contributed by atoms with Crippen molar-refractivity contribution >= 4 is 5.97 Å². The zero-order chi connectivity index (χ0) is 12.0. The monoisotopic (exact) mass is 210 g/mol. The average Bonchev–Trinajstić information content (AvgIpc) is 1.99. The van der Waals surface area contributed by atoms with Gasteiger partial charge < -0.3 is 4.74 Å². The lowest BCUT2D eigenvalue weighted by Gasteiger charge is -2.17. The first-order valence-corrected chi connectivity index (χ1v) is 5.33. The molecular weight excluding hydrogens is 188 g/mol. The van der Waals surface area contributed by atoms with Crippen molar-refractivity contribution in [2.75, 3.05) is 0 Å². The van der Waals surface area contributed by atoms with Gasteiger partial charge in [0, 0.05) is 6.08 Å². The van der Waals surface area contributed by atoms with Crippen molar-refractivity contribution in [2.24, 2.45) is 5.92 Å². The third-order valence-corrected chi connectivity index (χ3v) is 1.81. The smallest absolute Gasteiger partial charge is 0.331 e. The van der Waals surface area contributed by atoms with Crippen LogP contribution >= 0.6 is 0 Å². The molecule has 0 aromatic rings. The second-order valence-corrected chi connectivity index (χ2v) is 4.61. The van der Waals surface area contributed by atoms with Gasteiger partial charge in [0.1, 0.15) is 6.10 Å². The number of hydrogen-bond acceptors (Lipinski definition) is 2. The van der Waals surface area contributed by atoms with Crippen LogP contribution in [-0.4, -0.2) is 12.1 Å². The highest BCUT2D eigenvalue weighted by Gasteiger charge is 2.14. The van der Waals surface area contributed by atoms with Gasteiger partial charge in [0.25, 0.3) is 0 Å². The van der Waals surface area contributed by atoms with E-state index >= 15 is 0 Å². The second-order valence-electron chi connectivity index (χ2n) is 4.61. The van der Waals surface area contributed by atoms with Gasteiger partial charge in [-0.05, 0) is 39.7 Å². The number of rotatable bonds is 4. The fraction of sp³-hybridized carbons (Fsp3) is 0.615. The van der Waals surface area contributed by atoms with E-state index in [9.17, 15) is 4.79 Å². The molecule has 0 radical (unpaired) electrons. The van der Waals surface area contributed by atoms with Crippen LogP contribution in [-0.2, 0) is 9.53 Å². The molecule has 0 aromatic carbocycles. The van der Waals surface area contributed by atoms with E-state index in [1.807, 2.05) is 47.6 Å². The van der Waals surface area contributed by atoms with Crippen LogP contribution in [0.25, 0.3) is 0 Å². The van der Waals surface area contributed by atoms with Crippen LogP contribution in [0, 0.1) is 5.92 Å². The molecule has 86 valence electrons. The maximum absolute atomic E-state index is 11.4. The van der Waals surface area contributed by atoms with Gasteiger partial charge in [-0.15, -0.1) is 0 Å².